The van der Waals surface area contributed by atoms with Crippen molar-refractivity contribution in [2.24, 2.45) is 7.05 Å². The van der Waals surface area contributed by atoms with Crippen LogP contribution in [0.5, 0.6) is 11.5 Å². The predicted molar refractivity (Wildman–Crippen MR) is 110 cm³/mol. The molecule has 3 rings (SSSR count). The number of para-hydroxylation sites is 1. The molecule has 0 saturated carbocycles. The molecular formula is C21H18Cl2N2O3. The van der Waals surface area contributed by atoms with E-state index in [0.29, 0.717) is 27.1 Å². The van der Waals surface area contributed by atoms with Crippen molar-refractivity contribution in [1.82, 2.24) is 9.78 Å². The number of ketones is 1. The average molecular weight is 417 g/mol. The number of benzene rings is 2. The standard InChI is InChI=1S/C21H18Cl2N2O3/c1-25-12-16(11-24-25)19(26)9-7-15-4-3-5-20(27-2)21(15)28-13-14-6-8-17(22)18(23)10-14/h3-12H,13H2,1-2H3/b9-7+. The predicted octanol–water partition coefficient (Wildman–Crippen LogP) is 5.21. The van der Waals surface area contributed by atoms with Crippen molar-refractivity contribution in [2.45, 2.75) is 6.61 Å². The highest BCUT2D eigenvalue weighted by atomic mass is 35.5. The number of nitrogens with zero attached hydrogens (tertiary/aromatic N) is 2. The maximum Gasteiger partial charge on any atom is 0.189 e. The third-order valence-electron chi connectivity index (χ3n) is 4.00. The van der Waals surface area contributed by atoms with Crippen molar-refractivity contribution in [3.8, 4) is 11.5 Å². The lowest BCUT2D eigenvalue weighted by molar-refractivity contribution is 0.104. The Labute approximate surface area is 173 Å². The molecule has 0 spiro atoms. The van der Waals surface area contributed by atoms with E-state index in [1.54, 1.807) is 49.3 Å². The third kappa shape index (κ3) is 4.74. The van der Waals surface area contributed by atoms with Gasteiger partial charge in [0.05, 0.1) is 28.9 Å². The fourth-order valence-electron chi connectivity index (χ4n) is 2.57. The second-order valence-electron chi connectivity index (χ2n) is 6.02. The molecule has 0 atom stereocenters. The van der Waals surface area contributed by atoms with E-state index >= 15 is 0 Å². The molecular weight excluding hydrogens is 399 g/mol. The molecule has 0 saturated heterocycles. The number of aromatic nitrogens is 2. The van der Waals surface area contributed by atoms with Gasteiger partial charge in [0.1, 0.15) is 6.61 Å². The number of methoxy groups -OCH3 is 1. The highest BCUT2D eigenvalue weighted by molar-refractivity contribution is 6.42. The summed E-state index contributed by atoms with van der Waals surface area (Å²) in [6.07, 6.45) is 6.37. The summed E-state index contributed by atoms with van der Waals surface area (Å²) in [7, 11) is 3.33. The summed E-state index contributed by atoms with van der Waals surface area (Å²) >= 11 is 12.0. The molecule has 1 heterocycles. The lowest BCUT2D eigenvalue weighted by atomic mass is 10.1. The molecule has 0 unspecified atom stereocenters. The first-order valence-corrected chi connectivity index (χ1v) is 9.18. The molecule has 0 bridgehead atoms. The summed E-state index contributed by atoms with van der Waals surface area (Å²) < 4.78 is 13.0. The monoisotopic (exact) mass is 416 g/mol. The molecule has 0 radical (unpaired) electrons. The van der Waals surface area contributed by atoms with Crippen molar-refractivity contribution in [1.29, 1.82) is 0 Å². The van der Waals surface area contributed by atoms with Gasteiger partial charge in [-0.3, -0.25) is 9.48 Å². The largest absolute Gasteiger partial charge is 0.493 e. The fourth-order valence-corrected chi connectivity index (χ4v) is 2.90. The van der Waals surface area contributed by atoms with Crippen LogP contribution in [0.2, 0.25) is 10.0 Å². The Bertz CT molecular complexity index is 1030. The Balaban J connectivity index is 1.82. The fraction of sp³-hybridized carbons (Fsp3) is 0.143. The van der Waals surface area contributed by atoms with E-state index in [0.717, 1.165) is 11.1 Å². The smallest absolute Gasteiger partial charge is 0.189 e. The van der Waals surface area contributed by atoms with Crippen LogP contribution in [0.1, 0.15) is 21.5 Å². The van der Waals surface area contributed by atoms with Gasteiger partial charge in [-0.15, -0.1) is 0 Å². The van der Waals surface area contributed by atoms with Gasteiger partial charge in [-0.25, -0.2) is 0 Å². The molecule has 1 aromatic heterocycles. The first-order chi connectivity index (χ1) is 13.5. The molecule has 5 nitrogen and oxygen atoms in total. The third-order valence-corrected chi connectivity index (χ3v) is 4.74. The number of ether oxygens (including phenoxy) is 2. The second kappa shape index (κ2) is 8.95. The summed E-state index contributed by atoms with van der Waals surface area (Å²) in [4.78, 5) is 12.3. The Kier molecular flexibility index (Phi) is 6.39. The van der Waals surface area contributed by atoms with Gasteiger partial charge in [0.15, 0.2) is 17.3 Å². The minimum Gasteiger partial charge on any atom is -0.493 e. The van der Waals surface area contributed by atoms with E-state index < -0.39 is 0 Å². The van der Waals surface area contributed by atoms with Crippen LogP contribution < -0.4 is 9.47 Å². The number of aryl methyl sites for hydroxylation is 1. The number of hydrogen-bond donors (Lipinski definition) is 0. The molecule has 0 fully saturated rings. The molecule has 28 heavy (non-hydrogen) atoms. The molecule has 0 aliphatic rings. The van der Waals surface area contributed by atoms with Gasteiger partial charge in [-0.2, -0.15) is 5.10 Å². The first kappa shape index (κ1) is 20.0. The molecule has 144 valence electrons. The normalized spacial score (nSPS) is 11.0. The van der Waals surface area contributed by atoms with Crippen LogP contribution in [0.15, 0.2) is 54.9 Å². The molecule has 0 N–H and O–H groups in total. The van der Waals surface area contributed by atoms with Crippen LogP contribution in [0.4, 0.5) is 0 Å². The Morgan fingerprint density at radius 2 is 2.04 bits per heavy atom. The molecule has 3 aromatic rings. The van der Waals surface area contributed by atoms with Gasteiger partial charge in [0.25, 0.3) is 0 Å². The molecule has 0 amide bonds. The van der Waals surface area contributed by atoms with Crippen molar-refractivity contribution in [3.63, 3.8) is 0 Å². The number of halogens is 2. The van der Waals surface area contributed by atoms with E-state index in [4.69, 9.17) is 32.7 Å². The van der Waals surface area contributed by atoms with E-state index in [2.05, 4.69) is 5.10 Å². The van der Waals surface area contributed by atoms with Gasteiger partial charge in [-0.05, 0) is 35.9 Å². The van der Waals surface area contributed by atoms with Crippen molar-refractivity contribution < 1.29 is 14.3 Å². The van der Waals surface area contributed by atoms with Gasteiger partial charge in [-0.1, -0.05) is 41.4 Å². The number of carbonyl (C=O) groups excluding carboxylic acids is 1. The Morgan fingerprint density at radius 3 is 2.71 bits per heavy atom. The van der Waals surface area contributed by atoms with Crippen LogP contribution in [-0.2, 0) is 13.7 Å². The van der Waals surface area contributed by atoms with Gasteiger partial charge in [0, 0.05) is 18.8 Å². The molecule has 0 aliphatic heterocycles. The van der Waals surface area contributed by atoms with E-state index in [-0.39, 0.29) is 12.4 Å². The first-order valence-electron chi connectivity index (χ1n) is 8.42. The SMILES string of the molecule is COc1cccc(/C=C/C(=O)c2cnn(C)c2)c1OCc1ccc(Cl)c(Cl)c1. The van der Waals surface area contributed by atoms with Gasteiger partial charge < -0.3 is 9.47 Å². The van der Waals surface area contributed by atoms with Crippen LogP contribution in [0.25, 0.3) is 6.08 Å². The maximum atomic E-state index is 12.3. The summed E-state index contributed by atoms with van der Waals surface area (Å²) in [5, 5.41) is 4.96. The Hall–Kier alpha value is -2.76. The number of hydrogen-bond acceptors (Lipinski definition) is 4. The summed E-state index contributed by atoms with van der Waals surface area (Å²) in [6, 6.07) is 10.8. The molecule has 0 aliphatic carbocycles. The molecule has 2 aromatic carbocycles. The lowest BCUT2D eigenvalue weighted by Crippen LogP contribution is -2.00. The minimum atomic E-state index is -0.147. The van der Waals surface area contributed by atoms with Crippen molar-refractivity contribution in [2.75, 3.05) is 7.11 Å². The zero-order chi connectivity index (χ0) is 20.1. The van der Waals surface area contributed by atoms with Crippen molar-refractivity contribution in [3.05, 3.63) is 81.6 Å². The number of carbonyl (C=O) groups is 1. The van der Waals surface area contributed by atoms with Gasteiger partial charge in [0.2, 0.25) is 0 Å². The zero-order valence-electron chi connectivity index (χ0n) is 15.4. The van der Waals surface area contributed by atoms with E-state index in [9.17, 15) is 4.79 Å². The van der Waals surface area contributed by atoms with Gasteiger partial charge >= 0.3 is 0 Å². The highest BCUT2D eigenvalue weighted by Crippen LogP contribution is 2.33. The highest BCUT2D eigenvalue weighted by Gasteiger charge is 2.11. The summed E-state index contributed by atoms with van der Waals surface area (Å²) in [6.45, 7) is 0.272. The molecule has 7 heteroatoms. The average Bonchev–Trinajstić information content (AvgIpc) is 3.13. The Morgan fingerprint density at radius 1 is 1.21 bits per heavy atom. The van der Waals surface area contributed by atoms with Crippen LogP contribution in [0, 0.1) is 0 Å². The lowest BCUT2D eigenvalue weighted by Gasteiger charge is -2.13. The van der Waals surface area contributed by atoms with E-state index in [1.165, 1.54) is 12.3 Å². The quantitative estimate of drug-likeness (QED) is 0.391. The zero-order valence-corrected chi connectivity index (χ0v) is 16.9. The second-order valence-corrected chi connectivity index (χ2v) is 6.83. The summed E-state index contributed by atoms with van der Waals surface area (Å²) in [5.74, 6) is 0.952. The minimum absolute atomic E-state index is 0.147. The van der Waals surface area contributed by atoms with Crippen LogP contribution >= 0.6 is 23.2 Å². The topological polar surface area (TPSA) is 53.3 Å². The van der Waals surface area contributed by atoms with Crippen LogP contribution in [-0.4, -0.2) is 22.7 Å². The summed E-state index contributed by atoms with van der Waals surface area (Å²) in [5.41, 5.74) is 2.10. The van der Waals surface area contributed by atoms with Crippen molar-refractivity contribution >= 4 is 35.1 Å². The number of allylic oxidation sites excluding steroid dienone is 1. The maximum absolute atomic E-state index is 12.3. The van der Waals surface area contributed by atoms with Crippen LogP contribution in [0.3, 0.4) is 0 Å². The number of rotatable bonds is 7. The van der Waals surface area contributed by atoms with E-state index in [1.807, 2.05) is 18.2 Å².